The van der Waals surface area contributed by atoms with Crippen LogP contribution in [0.2, 0.25) is 0 Å². The highest BCUT2D eigenvalue weighted by Crippen LogP contribution is 2.32. The van der Waals surface area contributed by atoms with Crippen LogP contribution in [0.25, 0.3) is 0 Å². The van der Waals surface area contributed by atoms with Crippen LogP contribution in [-0.2, 0) is 0 Å². The zero-order chi connectivity index (χ0) is 11.2. The first-order chi connectivity index (χ1) is 6.37. The molecule has 0 rings (SSSR count). The maximum atomic E-state index is 10.4. The molecule has 0 atom stereocenters. The van der Waals surface area contributed by atoms with Crippen LogP contribution in [0.3, 0.4) is 0 Å². The van der Waals surface area contributed by atoms with Gasteiger partial charge in [-0.1, -0.05) is 39.5 Å². The van der Waals surface area contributed by atoms with E-state index in [2.05, 4.69) is 13.8 Å². The summed E-state index contributed by atoms with van der Waals surface area (Å²) < 4.78 is 0. The molecule has 86 valence electrons. The van der Waals surface area contributed by atoms with Gasteiger partial charge in [-0.25, -0.2) is 0 Å². The largest absolute Gasteiger partial charge is 0.387 e. The van der Waals surface area contributed by atoms with Crippen LogP contribution in [0.15, 0.2) is 0 Å². The van der Waals surface area contributed by atoms with Crippen molar-refractivity contribution in [1.29, 1.82) is 0 Å². The molecule has 14 heavy (non-hydrogen) atoms. The van der Waals surface area contributed by atoms with Crippen LogP contribution in [0.1, 0.15) is 66.2 Å². The van der Waals surface area contributed by atoms with Gasteiger partial charge in [0, 0.05) is 0 Å². The Hall–Kier alpha value is -0.0800. The molecule has 0 unspecified atom stereocenters. The van der Waals surface area contributed by atoms with Gasteiger partial charge in [-0.05, 0) is 26.7 Å². The minimum atomic E-state index is -0.989. The Morgan fingerprint density at radius 1 is 0.857 bits per heavy atom. The zero-order valence-corrected chi connectivity index (χ0v) is 10.1. The first-order valence-corrected chi connectivity index (χ1v) is 5.82. The molecule has 0 fully saturated rings. The van der Waals surface area contributed by atoms with E-state index < -0.39 is 11.2 Å². The number of unbranched alkanes of at least 4 members (excludes halogenated alkanes) is 2. The molecule has 0 aliphatic heterocycles. The third-order valence-electron chi connectivity index (χ3n) is 3.03. The van der Waals surface area contributed by atoms with Crippen LogP contribution in [-0.4, -0.2) is 21.4 Å². The van der Waals surface area contributed by atoms with Crippen LogP contribution < -0.4 is 0 Å². The summed E-state index contributed by atoms with van der Waals surface area (Å²) in [4.78, 5) is 0. The van der Waals surface area contributed by atoms with E-state index in [1.807, 2.05) is 0 Å². The summed E-state index contributed by atoms with van der Waals surface area (Å²) in [6.07, 6.45) is 5.48. The maximum absolute atomic E-state index is 10.4. The van der Waals surface area contributed by atoms with Crippen molar-refractivity contribution in [2.75, 3.05) is 0 Å². The van der Waals surface area contributed by atoms with Gasteiger partial charge in [0.05, 0.1) is 11.2 Å². The minimum absolute atomic E-state index is 0.701. The molecule has 0 aromatic carbocycles. The lowest BCUT2D eigenvalue weighted by Crippen LogP contribution is -2.50. The molecule has 0 heterocycles. The summed E-state index contributed by atoms with van der Waals surface area (Å²) in [6, 6.07) is 0. The second kappa shape index (κ2) is 5.72. The lowest BCUT2D eigenvalue weighted by molar-refractivity contribution is -0.141. The van der Waals surface area contributed by atoms with Gasteiger partial charge in [-0.2, -0.15) is 0 Å². The van der Waals surface area contributed by atoms with E-state index in [1.54, 1.807) is 13.8 Å². The van der Waals surface area contributed by atoms with E-state index in [-0.39, 0.29) is 0 Å². The lowest BCUT2D eigenvalue weighted by Gasteiger charge is -2.39. The van der Waals surface area contributed by atoms with Crippen molar-refractivity contribution in [3.05, 3.63) is 0 Å². The van der Waals surface area contributed by atoms with E-state index in [9.17, 15) is 10.2 Å². The third-order valence-corrected chi connectivity index (χ3v) is 3.03. The fourth-order valence-electron chi connectivity index (χ4n) is 1.68. The Labute approximate surface area is 88.3 Å². The molecule has 2 N–H and O–H groups in total. The molecule has 2 nitrogen and oxygen atoms in total. The topological polar surface area (TPSA) is 40.5 Å². The normalized spacial score (nSPS) is 13.3. The molecule has 0 aromatic heterocycles. The van der Waals surface area contributed by atoms with Gasteiger partial charge in [0.25, 0.3) is 0 Å². The SMILES string of the molecule is CCCCC(O)(CCCC)C(C)(C)O. The Morgan fingerprint density at radius 2 is 1.21 bits per heavy atom. The van der Waals surface area contributed by atoms with E-state index in [4.69, 9.17) is 0 Å². The first-order valence-electron chi connectivity index (χ1n) is 5.82. The van der Waals surface area contributed by atoms with E-state index in [1.165, 1.54) is 0 Å². The van der Waals surface area contributed by atoms with Crippen LogP contribution >= 0.6 is 0 Å². The van der Waals surface area contributed by atoms with Crippen molar-refractivity contribution in [2.24, 2.45) is 0 Å². The van der Waals surface area contributed by atoms with Crippen molar-refractivity contribution < 1.29 is 10.2 Å². The van der Waals surface area contributed by atoms with Crippen molar-refractivity contribution in [3.8, 4) is 0 Å². The number of aliphatic hydroxyl groups is 2. The highest BCUT2D eigenvalue weighted by atomic mass is 16.4. The van der Waals surface area contributed by atoms with Gasteiger partial charge >= 0.3 is 0 Å². The number of rotatable bonds is 7. The quantitative estimate of drug-likeness (QED) is 0.666. The molecule has 2 heteroatoms. The van der Waals surface area contributed by atoms with E-state index in [0.29, 0.717) is 12.8 Å². The minimum Gasteiger partial charge on any atom is -0.387 e. The monoisotopic (exact) mass is 202 g/mol. The molecule has 0 aromatic rings. The van der Waals surface area contributed by atoms with E-state index in [0.717, 1.165) is 25.7 Å². The molecule has 0 amide bonds. The number of hydrogen-bond donors (Lipinski definition) is 2. The van der Waals surface area contributed by atoms with Gasteiger partial charge in [-0.3, -0.25) is 0 Å². The van der Waals surface area contributed by atoms with Crippen molar-refractivity contribution in [3.63, 3.8) is 0 Å². The molecular formula is C12H26O2. The molecule has 0 saturated heterocycles. The average molecular weight is 202 g/mol. The van der Waals surface area contributed by atoms with Crippen molar-refractivity contribution in [2.45, 2.75) is 77.4 Å². The fraction of sp³-hybridized carbons (Fsp3) is 1.00. The Kier molecular flexibility index (Phi) is 5.68. The Morgan fingerprint density at radius 3 is 1.43 bits per heavy atom. The third kappa shape index (κ3) is 3.97. The molecule has 0 bridgehead atoms. The van der Waals surface area contributed by atoms with Gasteiger partial charge < -0.3 is 10.2 Å². The van der Waals surface area contributed by atoms with Crippen LogP contribution in [0.4, 0.5) is 0 Å². The van der Waals surface area contributed by atoms with E-state index >= 15 is 0 Å². The summed E-state index contributed by atoms with van der Waals surface area (Å²) >= 11 is 0. The maximum Gasteiger partial charge on any atom is 0.0927 e. The van der Waals surface area contributed by atoms with Crippen molar-refractivity contribution in [1.82, 2.24) is 0 Å². The van der Waals surface area contributed by atoms with Gasteiger partial charge in [-0.15, -0.1) is 0 Å². The fourth-order valence-corrected chi connectivity index (χ4v) is 1.68. The average Bonchev–Trinajstić information content (AvgIpc) is 2.09. The van der Waals surface area contributed by atoms with Crippen LogP contribution in [0, 0.1) is 0 Å². The summed E-state index contributed by atoms with van der Waals surface area (Å²) in [5.74, 6) is 0. The number of hydrogen-bond acceptors (Lipinski definition) is 2. The smallest absolute Gasteiger partial charge is 0.0927 e. The Bertz CT molecular complexity index is 139. The molecule has 0 spiro atoms. The molecule has 0 radical (unpaired) electrons. The van der Waals surface area contributed by atoms with Crippen molar-refractivity contribution >= 4 is 0 Å². The zero-order valence-electron chi connectivity index (χ0n) is 10.1. The standard InChI is InChI=1S/C12H26O2/c1-5-7-9-12(14,10-8-6-2)11(3,4)13/h13-14H,5-10H2,1-4H3. The molecular weight excluding hydrogens is 176 g/mol. The molecule has 0 saturated carbocycles. The van der Waals surface area contributed by atoms with Gasteiger partial charge in [0.1, 0.15) is 0 Å². The Balaban J connectivity index is 4.33. The second-order valence-corrected chi connectivity index (χ2v) is 4.80. The summed E-state index contributed by atoms with van der Waals surface area (Å²) in [6.45, 7) is 7.62. The lowest BCUT2D eigenvalue weighted by atomic mass is 9.78. The summed E-state index contributed by atoms with van der Waals surface area (Å²) in [7, 11) is 0. The predicted molar refractivity (Wildman–Crippen MR) is 60.3 cm³/mol. The predicted octanol–water partition coefficient (Wildman–Crippen LogP) is 2.87. The van der Waals surface area contributed by atoms with Gasteiger partial charge in [0.2, 0.25) is 0 Å². The summed E-state index contributed by atoms with van der Waals surface area (Å²) in [5, 5.41) is 20.3. The van der Waals surface area contributed by atoms with Crippen LogP contribution in [0.5, 0.6) is 0 Å². The first kappa shape index (κ1) is 13.9. The second-order valence-electron chi connectivity index (χ2n) is 4.80. The van der Waals surface area contributed by atoms with Gasteiger partial charge in [0.15, 0.2) is 0 Å². The highest BCUT2D eigenvalue weighted by molar-refractivity contribution is 4.93. The molecule has 0 aliphatic carbocycles. The summed E-state index contributed by atoms with van der Waals surface area (Å²) in [5.41, 5.74) is -1.89. The highest BCUT2D eigenvalue weighted by Gasteiger charge is 2.40. The molecule has 0 aliphatic rings.